The predicted octanol–water partition coefficient (Wildman–Crippen LogP) is 1.76. The Bertz CT molecular complexity index is 259. The first-order chi connectivity index (χ1) is 5.24. The predicted molar refractivity (Wildman–Crippen MR) is 46.5 cm³/mol. The van der Waals surface area contributed by atoms with Crippen LogP contribution in [0.1, 0.15) is 5.56 Å². The van der Waals surface area contributed by atoms with Crippen LogP contribution in [0.15, 0.2) is 17.6 Å². The van der Waals surface area contributed by atoms with Gasteiger partial charge in [0.05, 0.1) is 0 Å². The topological polar surface area (TPSA) is 49.6 Å². The first-order valence-corrected chi connectivity index (χ1v) is 4.45. The summed E-state index contributed by atoms with van der Waals surface area (Å²) in [5, 5.41) is 7.70. The Morgan fingerprint density at radius 1 is 1.55 bits per heavy atom. The number of halogens is 1. The van der Waals surface area contributed by atoms with Crippen LogP contribution in [0.5, 0.6) is 0 Å². The SMILES string of the molecule is CSc1ncc(C(=N)Cl)cn1. The summed E-state index contributed by atoms with van der Waals surface area (Å²) >= 11 is 6.85. The van der Waals surface area contributed by atoms with Crippen LogP contribution in [0.2, 0.25) is 0 Å². The van der Waals surface area contributed by atoms with E-state index in [0.717, 1.165) is 0 Å². The van der Waals surface area contributed by atoms with Gasteiger partial charge in [0.1, 0.15) is 5.17 Å². The molecule has 1 heterocycles. The number of hydrogen-bond donors (Lipinski definition) is 1. The molecule has 0 amide bonds. The van der Waals surface area contributed by atoms with Gasteiger partial charge in [-0.3, -0.25) is 5.41 Å². The van der Waals surface area contributed by atoms with E-state index in [1.54, 1.807) is 0 Å². The molecule has 0 saturated heterocycles. The standard InChI is InChI=1S/C6H6ClN3S/c1-11-6-9-2-4(3-10-6)5(7)8/h2-3,8H,1H3. The maximum Gasteiger partial charge on any atom is 0.187 e. The van der Waals surface area contributed by atoms with Crippen LogP contribution in [0.4, 0.5) is 0 Å². The maximum atomic E-state index is 7.04. The highest BCUT2D eigenvalue weighted by Crippen LogP contribution is 2.07. The number of thioether (sulfide) groups is 1. The largest absolute Gasteiger partial charge is 0.289 e. The zero-order valence-electron chi connectivity index (χ0n) is 5.84. The molecule has 0 bridgehead atoms. The summed E-state index contributed by atoms with van der Waals surface area (Å²) in [5.41, 5.74) is 0.546. The van der Waals surface area contributed by atoms with Crippen molar-refractivity contribution in [2.75, 3.05) is 6.26 Å². The molecular weight excluding hydrogens is 182 g/mol. The molecule has 0 aliphatic rings. The summed E-state index contributed by atoms with van der Waals surface area (Å²) in [6.45, 7) is 0. The molecule has 0 aromatic carbocycles. The Hall–Kier alpha value is -0.610. The van der Waals surface area contributed by atoms with Crippen LogP contribution in [-0.4, -0.2) is 21.4 Å². The molecule has 0 spiro atoms. The van der Waals surface area contributed by atoms with Crippen molar-refractivity contribution in [3.05, 3.63) is 18.0 Å². The fraction of sp³-hybridized carbons (Fsp3) is 0.167. The van der Waals surface area contributed by atoms with Crippen LogP contribution in [0.3, 0.4) is 0 Å². The Kier molecular flexibility index (Phi) is 2.84. The van der Waals surface area contributed by atoms with Gasteiger partial charge in [0, 0.05) is 18.0 Å². The minimum atomic E-state index is -0.0300. The molecule has 0 aliphatic carbocycles. The summed E-state index contributed by atoms with van der Waals surface area (Å²) in [4.78, 5) is 7.89. The summed E-state index contributed by atoms with van der Waals surface area (Å²) in [5.74, 6) is 0. The van der Waals surface area contributed by atoms with E-state index in [2.05, 4.69) is 9.97 Å². The van der Waals surface area contributed by atoms with Gasteiger partial charge in [-0.1, -0.05) is 23.4 Å². The second-order valence-electron chi connectivity index (χ2n) is 1.77. The summed E-state index contributed by atoms with van der Waals surface area (Å²) in [7, 11) is 0. The molecule has 0 aliphatic heterocycles. The lowest BCUT2D eigenvalue weighted by atomic mass is 10.4. The zero-order chi connectivity index (χ0) is 8.27. The highest BCUT2D eigenvalue weighted by molar-refractivity contribution is 7.98. The van der Waals surface area contributed by atoms with Gasteiger partial charge >= 0.3 is 0 Å². The van der Waals surface area contributed by atoms with Gasteiger partial charge in [0.15, 0.2) is 5.16 Å². The summed E-state index contributed by atoms with van der Waals surface area (Å²) in [6, 6.07) is 0. The zero-order valence-corrected chi connectivity index (χ0v) is 7.41. The van der Waals surface area contributed by atoms with Crippen molar-refractivity contribution in [3.63, 3.8) is 0 Å². The van der Waals surface area contributed by atoms with E-state index >= 15 is 0 Å². The van der Waals surface area contributed by atoms with Crippen molar-refractivity contribution in [1.82, 2.24) is 9.97 Å². The van der Waals surface area contributed by atoms with E-state index in [4.69, 9.17) is 17.0 Å². The van der Waals surface area contributed by atoms with E-state index < -0.39 is 0 Å². The first kappa shape index (κ1) is 8.49. The van der Waals surface area contributed by atoms with Crippen LogP contribution in [-0.2, 0) is 0 Å². The molecule has 0 radical (unpaired) electrons. The molecule has 1 aromatic rings. The van der Waals surface area contributed by atoms with Crippen molar-refractivity contribution in [2.45, 2.75) is 5.16 Å². The molecule has 0 saturated carbocycles. The highest BCUT2D eigenvalue weighted by Gasteiger charge is 1.98. The first-order valence-electron chi connectivity index (χ1n) is 2.84. The van der Waals surface area contributed by atoms with Crippen molar-refractivity contribution < 1.29 is 0 Å². The van der Waals surface area contributed by atoms with Gasteiger partial charge in [-0.25, -0.2) is 9.97 Å². The highest BCUT2D eigenvalue weighted by atomic mass is 35.5. The minimum absolute atomic E-state index is 0.0300. The molecule has 1 N–H and O–H groups in total. The third-order valence-electron chi connectivity index (χ3n) is 1.06. The molecular formula is C6H6ClN3S. The fourth-order valence-corrected chi connectivity index (χ4v) is 0.949. The Morgan fingerprint density at radius 2 is 2.09 bits per heavy atom. The van der Waals surface area contributed by atoms with Gasteiger partial charge < -0.3 is 0 Å². The molecule has 1 rings (SSSR count). The van der Waals surface area contributed by atoms with Gasteiger partial charge in [-0.2, -0.15) is 0 Å². The minimum Gasteiger partial charge on any atom is -0.289 e. The third kappa shape index (κ3) is 2.17. The monoisotopic (exact) mass is 187 g/mol. The Morgan fingerprint density at radius 3 is 2.45 bits per heavy atom. The fourth-order valence-electron chi connectivity index (χ4n) is 0.535. The average molecular weight is 188 g/mol. The van der Waals surface area contributed by atoms with Crippen LogP contribution < -0.4 is 0 Å². The van der Waals surface area contributed by atoms with Gasteiger partial charge in [-0.15, -0.1) is 0 Å². The lowest BCUT2D eigenvalue weighted by Gasteiger charge is -1.95. The molecule has 0 unspecified atom stereocenters. The lowest BCUT2D eigenvalue weighted by molar-refractivity contribution is 0.966. The molecule has 58 valence electrons. The number of nitrogens with zero attached hydrogens (tertiary/aromatic N) is 2. The molecule has 0 fully saturated rings. The second kappa shape index (κ2) is 3.69. The van der Waals surface area contributed by atoms with Crippen molar-refractivity contribution >= 4 is 28.5 Å². The number of rotatable bonds is 2. The lowest BCUT2D eigenvalue weighted by Crippen LogP contribution is -1.93. The Labute approximate surface area is 73.7 Å². The van der Waals surface area contributed by atoms with E-state index in [-0.39, 0.29) is 5.17 Å². The van der Waals surface area contributed by atoms with Crippen molar-refractivity contribution in [1.29, 1.82) is 5.41 Å². The molecule has 1 aromatic heterocycles. The molecule has 11 heavy (non-hydrogen) atoms. The summed E-state index contributed by atoms with van der Waals surface area (Å²) in [6.07, 6.45) is 4.96. The quantitative estimate of drug-likeness (QED) is 0.436. The molecule has 5 heteroatoms. The van der Waals surface area contributed by atoms with Gasteiger partial charge in [-0.05, 0) is 6.26 Å². The molecule has 3 nitrogen and oxygen atoms in total. The Balaban J connectivity index is 2.91. The van der Waals surface area contributed by atoms with Crippen molar-refractivity contribution in [3.8, 4) is 0 Å². The summed E-state index contributed by atoms with van der Waals surface area (Å²) < 4.78 is 0. The smallest absolute Gasteiger partial charge is 0.187 e. The second-order valence-corrected chi connectivity index (χ2v) is 2.92. The number of aromatic nitrogens is 2. The average Bonchev–Trinajstić information content (AvgIpc) is 2.05. The normalized spacial score (nSPS) is 9.64. The number of nitrogens with one attached hydrogen (secondary N) is 1. The van der Waals surface area contributed by atoms with E-state index in [0.29, 0.717) is 10.7 Å². The van der Waals surface area contributed by atoms with Gasteiger partial charge in [0.25, 0.3) is 0 Å². The van der Waals surface area contributed by atoms with E-state index in [1.165, 1.54) is 24.2 Å². The maximum absolute atomic E-state index is 7.04. The van der Waals surface area contributed by atoms with Crippen LogP contribution >= 0.6 is 23.4 Å². The van der Waals surface area contributed by atoms with Crippen LogP contribution in [0, 0.1) is 5.41 Å². The van der Waals surface area contributed by atoms with E-state index in [1.807, 2.05) is 6.26 Å². The van der Waals surface area contributed by atoms with Gasteiger partial charge in [0.2, 0.25) is 0 Å². The molecule has 0 atom stereocenters. The van der Waals surface area contributed by atoms with E-state index in [9.17, 15) is 0 Å². The van der Waals surface area contributed by atoms with Crippen molar-refractivity contribution in [2.24, 2.45) is 0 Å². The number of hydrogen-bond acceptors (Lipinski definition) is 4. The van der Waals surface area contributed by atoms with Crippen LogP contribution in [0.25, 0.3) is 0 Å². The third-order valence-corrected chi connectivity index (χ3v) is 1.86.